The number of carbonyl (C=O) groups is 4. The van der Waals surface area contributed by atoms with Crippen LogP contribution in [0, 0.1) is 11.6 Å². The van der Waals surface area contributed by atoms with Crippen molar-refractivity contribution in [2.45, 2.75) is 43.2 Å². The van der Waals surface area contributed by atoms with E-state index in [-0.39, 0.29) is 48.5 Å². The standard InChI is InChI=1S/C31H36F2N4O7/c1-42-18-25-26(28(39)43-2)27(20-9-10-23(32)24(33)17-20)37(30(41)35-25)36(19-38)16-15-34-22-11-13-31(14-12-22,29(40)44-3)21-7-5-4-6-8-21/h4-10,17,19,22,27,34H,11-16,18H2,1-3H3,(H,35,41). The summed E-state index contributed by atoms with van der Waals surface area (Å²) in [6.07, 6.45) is 2.84. The fourth-order valence-corrected chi connectivity index (χ4v) is 5.99. The molecular formula is C31H36F2N4O7. The molecule has 1 unspecified atom stereocenters. The smallest absolute Gasteiger partial charge is 0.341 e. The van der Waals surface area contributed by atoms with Crippen molar-refractivity contribution in [3.05, 3.63) is 82.6 Å². The van der Waals surface area contributed by atoms with Crippen LogP contribution in [0.2, 0.25) is 0 Å². The van der Waals surface area contributed by atoms with Crippen molar-refractivity contribution in [1.82, 2.24) is 20.7 Å². The normalized spacial score (nSPS) is 21.8. The predicted octanol–water partition coefficient (Wildman–Crippen LogP) is 3.12. The van der Waals surface area contributed by atoms with Crippen LogP contribution in [-0.2, 0) is 34.0 Å². The highest BCUT2D eigenvalue weighted by molar-refractivity contribution is 5.95. The van der Waals surface area contributed by atoms with Gasteiger partial charge in [-0.3, -0.25) is 14.6 Å². The second-order valence-corrected chi connectivity index (χ2v) is 10.6. The Labute approximate surface area is 254 Å². The first-order chi connectivity index (χ1) is 21.2. The molecule has 1 aliphatic carbocycles. The van der Waals surface area contributed by atoms with E-state index in [0.29, 0.717) is 32.1 Å². The molecule has 44 heavy (non-hydrogen) atoms. The molecule has 2 aliphatic rings. The van der Waals surface area contributed by atoms with Crippen LogP contribution in [0.3, 0.4) is 0 Å². The van der Waals surface area contributed by atoms with Crippen LogP contribution in [0.15, 0.2) is 59.8 Å². The van der Waals surface area contributed by atoms with Gasteiger partial charge >= 0.3 is 18.0 Å². The third-order valence-corrected chi connectivity index (χ3v) is 8.18. The summed E-state index contributed by atoms with van der Waals surface area (Å²) in [6, 6.07) is 10.4. The van der Waals surface area contributed by atoms with Gasteiger partial charge in [-0.05, 0) is 48.9 Å². The summed E-state index contributed by atoms with van der Waals surface area (Å²) in [5.74, 6) is -3.44. The van der Waals surface area contributed by atoms with Crippen LogP contribution in [0.5, 0.6) is 0 Å². The number of methoxy groups -OCH3 is 3. The Hall–Kier alpha value is -4.36. The third kappa shape index (κ3) is 6.58. The lowest BCUT2D eigenvalue weighted by molar-refractivity contribution is -0.149. The minimum atomic E-state index is -1.33. The summed E-state index contributed by atoms with van der Waals surface area (Å²) in [5.41, 5.74) is 0.156. The minimum Gasteiger partial charge on any atom is -0.468 e. The summed E-state index contributed by atoms with van der Waals surface area (Å²) < 4.78 is 43.5. The van der Waals surface area contributed by atoms with Crippen molar-refractivity contribution >= 4 is 24.4 Å². The van der Waals surface area contributed by atoms with Gasteiger partial charge in [-0.15, -0.1) is 0 Å². The number of nitrogens with zero attached hydrogens (tertiary/aromatic N) is 2. The molecule has 2 N–H and O–H groups in total. The zero-order valence-corrected chi connectivity index (χ0v) is 24.8. The van der Waals surface area contributed by atoms with E-state index in [1.54, 1.807) is 0 Å². The fraction of sp³-hybridized carbons (Fsp3) is 0.419. The van der Waals surface area contributed by atoms with Gasteiger partial charge in [0, 0.05) is 19.7 Å². The van der Waals surface area contributed by atoms with E-state index in [0.717, 1.165) is 34.8 Å². The first kappa shape index (κ1) is 32.6. The van der Waals surface area contributed by atoms with E-state index in [4.69, 9.17) is 14.2 Å². The molecular weight excluding hydrogens is 578 g/mol. The van der Waals surface area contributed by atoms with E-state index in [1.165, 1.54) is 20.3 Å². The van der Waals surface area contributed by atoms with Crippen LogP contribution in [0.25, 0.3) is 0 Å². The van der Waals surface area contributed by atoms with Gasteiger partial charge < -0.3 is 24.8 Å². The third-order valence-electron chi connectivity index (χ3n) is 8.18. The Kier molecular flexibility index (Phi) is 10.7. The van der Waals surface area contributed by atoms with Gasteiger partial charge in [0.25, 0.3) is 0 Å². The van der Waals surface area contributed by atoms with E-state index < -0.39 is 35.1 Å². The lowest BCUT2D eigenvalue weighted by Gasteiger charge is -2.42. The molecule has 0 radical (unpaired) electrons. The number of hydrogen-bond acceptors (Lipinski definition) is 8. The molecule has 1 fully saturated rings. The Morgan fingerprint density at radius 1 is 1.07 bits per heavy atom. The van der Waals surface area contributed by atoms with Crippen LogP contribution in [0.4, 0.5) is 13.6 Å². The Morgan fingerprint density at radius 2 is 1.77 bits per heavy atom. The maximum Gasteiger partial charge on any atom is 0.341 e. The highest BCUT2D eigenvalue weighted by atomic mass is 19.2. The summed E-state index contributed by atoms with van der Waals surface area (Å²) in [6.45, 7) is 0.0451. The number of benzene rings is 2. The topological polar surface area (TPSA) is 127 Å². The molecule has 1 heterocycles. The number of halogens is 2. The van der Waals surface area contributed by atoms with Crippen LogP contribution in [-0.4, -0.2) is 81.5 Å². The number of urea groups is 1. The zero-order chi connectivity index (χ0) is 31.9. The number of hydrogen-bond donors (Lipinski definition) is 2. The molecule has 2 aromatic rings. The molecule has 2 aromatic carbocycles. The van der Waals surface area contributed by atoms with Gasteiger partial charge in [0.1, 0.15) is 6.04 Å². The number of nitrogens with one attached hydrogen (secondary N) is 2. The number of esters is 2. The molecule has 4 rings (SSSR count). The number of carbonyl (C=O) groups excluding carboxylic acids is 4. The number of amides is 3. The first-order valence-corrected chi connectivity index (χ1v) is 14.1. The Balaban J connectivity index is 1.53. The van der Waals surface area contributed by atoms with Crippen molar-refractivity contribution in [2.75, 3.05) is 41.0 Å². The van der Waals surface area contributed by atoms with Crippen molar-refractivity contribution in [2.24, 2.45) is 0 Å². The summed E-state index contributed by atoms with van der Waals surface area (Å²) >= 11 is 0. The Bertz CT molecular complexity index is 1400. The van der Waals surface area contributed by atoms with Crippen molar-refractivity contribution in [3.8, 4) is 0 Å². The largest absolute Gasteiger partial charge is 0.468 e. The lowest BCUT2D eigenvalue weighted by Crippen LogP contribution is -2.58. The quantitative estimate of drug-likeness (QED) is 0.276. The second kappa shape index (κ2) is 14.4. The molecule has 0 saturated heterocycles. The first-order valence-electron chi connectivity index (χ1n) is 14.1. The highest BCUT2D eigenvalue weighted by Gasteiger charge is 2.45. The predicted molar refractivity (Wildman–Crippen MR) is 154 cm³/mol. The van der Waals surface area contributed by atoms with E-state index in [2.05, 4.69) is 10.6 Å². The Morgan fingerprint density at radius 3 is 2.36 bits per heavy atom. The number of rotatable bonds is 12. The monoisotopic (exact) mass is 614 g/mol. The van der Waals surface area contributed by atoms with Crippen LogP contribution < -0.4 is 10.6 Å². The minimum absolute atomic E-state index is 0.0114. The van der Waals surface area contributed by atoms with Gasteiger partial charge in [-0.2, -0.15) is 0 Å². The van der Waals surface area contributed by atoms with E-state index in [1.807, 2.05) is 30.3 Å². The summed E-state index contributed by atoms with van der Waals surface area (Å²) in [4.78, 5) is 51.6. The summed E-state index contributed by atoms with van der Waals surface area (Å²) in [5, 5.41) is 7.99. The second-order valence-electron chi connectivity index (χ2n) is 10.6. The molecule has 3 amide bonds. The molecule has 13 heteroatoms. The SMILES string of the molecule is COCC1=C(C(=O)OC)C(c2ccc(F)c(F)c2)N(N(C=O)CCNC2CCC(C(=O)OC)(c3ccccc3)CC2)C(=O)N1. The van der Waals surface area contributed by atoms with Crippen molar-refractivity contribution in [1.29, 1.82) is 0 Å². The average molecular weight is 615 g/mol. The fourth-order valence-electron chi connectivity index (χ4n) is 5.99. The van der Waals surface area contributed by atoms with Crippen molar-refractivity contribution < 1.29 is 42.2 Å². The molecule has 1 aliphatic heterocycles. The van der Waals surface area contributed by atoms with Gasteiger partial charge in [-0.1, -0.05) is 36.4 Å². The maximum atomic E-state index is 14.4. The lowest BCUT2D eigenvalue weighted by atomic mass is 9.68. The molecule has 11 nitrogen and oxygen atoms in total. The molecule has 0 aromatic heterocycles. The molecule has 1 atom stereocenters. The molecule has 0 spiro atoms. The van der Waals surface area contributed by atoms with Crippen LogP contribution in [0.1, 0.15) is 42.9 Å². The van der Waals surface area contributed by atoms with E-state index in [9.17, 15) is 28.0 Å². The average Bonchev–Trinajstić information content (AvgIpc) is 3.04. The van der Waals surface area contributed by atoms with Gasteiger partial charge in [0.05, 0.1) is 44.1 Å². The maximum absolute atomic E-state index is 14.4. The molecule has 1 saturated carbocycles. The van der Waals surface area contributed by atoms with Crippen molar-refractivity contribution in [3.63, 3.8) is 0 Å². The highest BCUT2D eigenvalue weighted by Crippen LogP contribution is 2.41. The zero-order valence-electron chi connectivity index (χ0n) is 24.8. The number of hydrazine groups is 1. The number of ether oxygens (including phenoxy) is 3. The van der Waals surface area contributed by atoms with E-state index >= 15 is 0 Å². The van der Waals surface area contributed by atoms with Gasteiger partial charge in [0.2, 0.25) is 6.41 Å². The van der Waals surface area contributed by atoms with Crippen LogP contribution >= 0.6 is 0 Å². The molecule has 236 valence electrons. The van der Waals surface area contributed by atoms with Gasteiger partial charge in [0.15, 0.2) is 11.6 Å². The summed E-state index contributed by atoms with van der Waals surface area (Å²) in [7, 11) is 3.88. The van der Waals surface area contributed by atoms with Gasteiger partial charge in [-0.25, -0.2) is 23.4 Å². The molecule has 0 bridgehead atoms.